The molecule has 0 N–H and O–H groups in total. The summed E-state index contributed by atoms with van der Waals surface area (Å²) in [4.78, 5) is 54.0. The molecule has 0 unspecified atom stereocenters. The van der Waals surface area contributed by atoms with Crippen LogP contribution in [-0.2, 0) is 9.53 Å². The highest BCUT2D eigenvalue weighted by Crippen LogP contribution is 2.35. The van der Waals surface area contributed by atoms with Crippen molar-refractivity contribution in [3.8, 4) is 11.5 Å². The van der Waals surface area contributed by atoms with Crippen LogP contribution in [0.15, 0.2) is 87.8 Å². The number of hydrogen-bond donors (Lipinski definition) is 0. The zero-order valence-electron chi connectivity index (χ0n) is 26.2. The topological polar surface area (TPSA) is 156 Å². The van der Waals surface area contributed by atoms with Crippen LogP contribution in [0.25, 0.3) is 6.08 Å². The van der Waals surface area contributed by atoms with Gasteiger partial charge in [-0.2, -0.15) is 0 Å². The van der Waals surface area contributed by atoms with Gasteiger partial charge in [0.2, 0.25) is 5.75 Å². The SMILES string of the molecule is CCCC1=C(C(=O)OCC)[C@H](c2ccc(C(C)C)cc2)n2c(s/c(=C/c3cccc(Oc4ccc([N+](=O)[O-])cc4[N+](=O)[O-])c3)c2=O)=N1. The van der Waals surface area contributed by atoms with Crippen molar-refractivity contribution < 1.29 is 24.1 Å². The third kappa shape index (κ3) is 6.89. The van der Waals surface area contributed by atoms with Crippen molar-refractivity contribution in [2.45, 2.75) is 52.5 Å². The van der Waals surface area contributed by atoms with E-state index in [1.165, 1.54) is 22.0 Å². The number of carbonyl (C=O) groups is 1. The molecule has 0 saturated carbocycles. The number of ether oxygens (including phenoxy) is 2. The molecule has 1 atom stereocenters. The fourth-order valence-electron chi connectivity index (χ4n) is 5.29. The molecule has 0 aliphatic carbocycles. The van der Waals surface area contributed by atoms with Gasteiger partial charge >= 0.3 is 11.7 Å². The first-order valence-corrected chi connectivity index (χ1v) is 15.9. The summed E-state index contributed by atoms with van der Waals surface area (Å²) in [5.41, 5.74) is 2.03. The maximum Gasteiger partial charge on any atom is 0.338 e. The number of non-ortho nitro benzene ring substituents is 1. The van der Waals surface area contributed by atoms with E-state index in [1.807, 2.05) is 31.2 Å². The first kappa shape index (κ1) is 32.9. The fourth-order valence-corrected chi connectivity index (χ4v) is 6.31. The summed E-state index contributed by atoms with van der Waals surface area (Å²) in [6.07, 6.45) is 2.91. The Hall–Kier alpha value is -5.43. The van der Waals surface area contributed by atoms with Crippen molar-refractivity contribution in [2.75, 3.05) is 6.61 Å². The molecule has 4 aromatic rings. The van der Waals surface area contributed by atoms with Gasteiger partial charge in [-0.05, 0) is 60.2 Å². The highest BCUT2D eigenvalue weighted by Gasteiger charge is 2.34. The second-order valence-electron chi connectivity index (χ2n) is 11.1. The van der Waals surface area contributed by atoms with Gasteiger partial charge < -0.3 is 9.47 Å². The number of aromatic nitrogens is 1. The highest BCUT2D eigenvalue weighted by molar-refractivity contribution is 7.07. The highest BCUT2D eigenvalue weighted by atomic mass is 32.1. The molecular formula is C34H32N4O8S. The van der Waals surface area contributed by atoms with Crippen molar-refractivity contribution in [2.24, 2.45) is 4.99 Å². The third-order valence-electron chi connectivity index (χ3n) is 7.54. The van der Waals surface area contributed by atoms with Crippen LogP contribution in [0, 0.1) is 20.2 Å². The van der Waals surface area contributed by atoms with Crippen LogP contribution in [0.5, 0.6) is 11.5 Å². The molecule has 3 aromatic carbocycles. The third-order valence-corrected chi connectivity index (χ3v) is 8.53. The lowest BCUT2D eigenvalue weighted by molar-refractivity contribution is -0.394. The van der Waals surface area contributed by atoms with Crippen LogP contribution in [0.4, 0.5) is 11.4 Å². The zero-order chi connectivity index (χ0) is 33.8. The smallest absolute Gasteiger partial charge is 0.338 e. The van der Waals surface area contributed by atoms with Gasteiger partial charge in [-0.1, -0.05) is 74.9 Å². The molecule has 1 aromatic heterocycles. The number of thiazole rings is 1. The first-order chi connectivity index (χ1) is 22.5. The molecule has 242 valence electrons. The molecule has 47 heavy (non-hydrogen) atoms. The van der Waals surface area contributed by atoms with Crippen LogP contribution in [0.1, 0.15) is 69.2 Å². The van der Waals surface area contributed by atoms with Crippen LogP contribution in [0.3, 0.4) is 0 Å². The van der Waals surface area contributed by atoms with Crippen LogP contribution < -0.4 is 19.6 Å². The molecule has 12 nitrogen and oxygen atoms in total. The summed E-state index contributed by atoms with van der Waals surface area (Å²) in [7, 11) is 0. The Labute approximate surface area is 273 Å². The molecule has 2 heterocycles. The Kier molecular flexibility index (Phi) is 9.75. The number of nitrogens with zero attached hydrogens (tertiary/aromatic N) is 4. The maximum atomic E-state index is 14.1. The van der Waals surface area contributed by atoms with Crippen LogP contribution in [-0.4, -0.2) is 27.0 Å². The number of fused-ring (bicyclic) bond motifs is 1. The lowest BCUT2D eigenvalue weighted by Crippen LogP contribution is -2.40. The average Bonchev–Trinajstić information content (AvgIpc) is 3.34. The van der Waals surface area contributed by atoms with E-state index in [2.05, 4.69) is 13.8 Å². The van der Waals surface area contributed by atoms with E-state index in [9.17, 15) is 29.8 Å². The van der Waals surface area contributed by atoms with Gasteiger partial charge in [-0.25, -0.2) is 9.79 Å². The average molecular weight is 657 g/mol. The molecule has 1 aliphatic heterocycles. The molecule has 0 saturated heterocycles. The van der Waals surface area contributed by atoms with E-state index in [0.717, 1.165) is 29.7 Å². The number of benzene rings is 3. The second kappa shape index (κ2) is 13.9. The Morgan fingerprint density at radius 3 is 2.43 bits per heavy atom. The summed E-state index contributed by atoms with van der Waals surface area (Å²) in [5.74, 6) is -0.165. The van der Waals surface area contributed by atoms with Crippen LogP contribution in [0.2, 0.25) is 0 Å². The van der Waals surface area contributed by atoms with Crippen molar-refractivity contribution in [1.82, 2.24) is 4.57 Å². The van der Waals surface area contributed by atoms with E-state index < -0.39 is 33.2 Å². The predicted molar refractivity (Wildman–Crippen MR) is 176 cm³/mol. The Bertz CT molecular complexity index is 2080. The minimum atomic E-state index is -0.753. The number of esters is 1. The molecule has 0 bridgehead atoms. The van der Waals surface area contributed by atoms with E-state index in [-0.39, 0.29) is 23.7 Å². The van der Waals surface area contributed by atoms with Gasteiger partial charge in [0, 0.05) is 6.07 Å². The Morgan fingerprint density at radius 1 is 1.04 bits per heavy atom. The first-order valence-electron chi connectivity index (χ1n) is 15.0. The Balaban J connectivity index is 1.61. The van der Waals surface area contributed by atoms with Gasteiger partial charge in [0.05, 0.1) is 44.4 Å². The van der Waals surface area contributed by atoms with E-state index >= 15 is 0 Å². The van der Waals surface area contributed by atoms with Crippen molar-refractivity contribution in [3.05, 3.63) is 135 Å². The van der Waals surface area contributed by atoms with Crippen molar-refractivity contribution in [1.29, 1.82) is 0 Å². The fraction of sp³-hybridized carbons (Fsp3) is 0.265. The number of allylic oxidation sites excluding steroid dienone is 1. The molecule has 5 rings (SSSR count). The quantitative estimate of drug-likeness (QED) is 0.103. The summed E-state index contributed by atoms with van der Waals surface area (Å²) in [6.45, 7) is 8.08. The maximum absolute atomic E-state index is 14.1. The summed E-state index contributed by atoms with van der Waals surface area (Å²) >= 11 is 1.19. The molecule has 0 radical (unpaired) electrons. The summed E-state index contributed by atoms with van der Waals surface area (Å²) in [6, 6.07) is 16.8. The van der Waals surface area contributed by atoms with E-state index in [0.29, 0.717) is 38.5 Å². The largest absolute Gasteiger partial charge is 0.463 e. The predicted octanol–water partition coefficient (Wildman–Crippen LogP) is 6.31. The number of carbonyl (C=O) groups excluding carboxylic acids is 1. The molecular weight excluding hydrogens is 624 g/mol. The standard InChI is InChI=1S/C34H32N4O8S/c1-5-8-26-30(33(40)45-6-2)31(23-13-11-22(12-14-23)20(3)4)36-32(39)29(47-34(36)35-26)18-21-9-7-10-25(17-21)46-28-16-15-24(37(41)42)19-27(28)38(43)44/h7,9-20,31H,5-6,8H2,1-4H3/b29-18+/t31-/m0/s1. The molecule has 0 spiro atoms. The zero-order valence-corrected chi connectivity index (χ0v) is 27.0. The minimum Gasteiger partial charge on any atom is -0.463 e. The normalized spacial score (nSPS) is 14.5. The minimum absolute atomic E-state index is 0.171. The van der Waals surface area contributed by atoms with Gasteiger partial charge in [-0.15, -0.1) is 0 Å². The molecule has 1 aliphatic rings. The van der Waals surface area contributed by atoms with Gasteiger partial charge in [0.1, 0.15) is 5.75 Å². The van der Waals surface area contributed by atoms with Gasteiger partial charge in [0.15, 0.2) is 4.80 Å². The Morgan fingerprint density at radius 2 is 1.79 bits per heavy atom. The number of rotatable bonds is 11. The van der Waals surface area contributed by atoms with Crippen molar-refractivity contribution >= 4 is 34.8 Å². The van der Waals surface area contributed by atoms with Crippen molar-refractivity contribution in [3.63, 3.8) is 0 Å². The summed E-state index contributed by atoms with van der Waals surface area (Å²) < 4.78 is 13.1. The van der Waals surface area contributed by atoms with Gasteiger partial charge in [0.25, 0.3) is 11.2 Å². The number of hydrogen-bond acceptors (Lipinski definition) is 10. The lowest BCUT2D eigenvalue weighted by atomic mass is 9.92. The molecule has 0 amide bonds. The monoisotopic (exact) mass is 656 g/mol. The van der Waals surface area contributed by atoms with E-state index in [1.54, 1.807) is 37.3 Å². The number of nitro benzene ring substituents is 2. The molecule has 13 heteroatoms. The lowest BCUT2D eigenvalue weighted by Gasteiger charge is -2.26. The van der Waals surface area contributed by atoms with Gasteiger partial charge in [-0.3, -0.25) is 29.6 Å². The number of nitro groups is 2. The van der Waals surface area contributed by atoms with E-state index in [4.69, 9.17) is 14.5 Å². The summed E-state index contributed by atoms with van der Waals surface area (Å²) in [5, 5.41) is 22.7. The second-order valence-corrected chi connectivity index (χ2v) is 12.1. The molecule has 0 fully saturated rings. The van der Waals surface area contributed by atoms with Crippen LogP contribution >= 0.6 is 11.3 Å².